The van der Waals surface area contributed by atoms with E-state index in [9.17, 15) is 4.79 Å². The molecule has 0 fully saturated rings. The zero-order valence-electron chi connectivity index (χ0n) is 8.04. The molecule has 0 saturated heterocycles. The van der Waals surface area contributed by atoms with Crippen LogP contribution in [0.2, 0.25) is 5.02 Å². The summed E-state index contributed by atoms with van der Waals surface area (Å²) in [6, 6.07) is 3.56. The van der Waals surface area contributed by atoms with Gasteiger partial charge in [-0.15, -0.1) is 0 Å². The Bertz CT molecular complexity index is 375. The minimum Gasteiger partial charge on any atom is -0.313 e. The third-order valence-corrected chi connectivity index (χ3v) is 2.22. The number of carbonyl (C=O) groups excluding carboxylic acids is 1. The molecule has 14 heavy (non-hydrogen) atoms. The van der Waals surface area contributed by atoms with Crippen molar-refractivity contribution in [3.63, 3.8) is 0 Å². The van der Waals surface area contributed by atoms with Gasteiger partial charge in [0.2, 0.25) is 0 Å². The Labute approximate surface area is 87.8 Å². The lowest BCUT2D eigenvalue weighted by atomic mass is 10.0. The minimum atomic E-state index is 0.447. The van der Waals surface area contributed by atoms with Crippen molar-refractivity contribution in [1.82, 2.24) is 5.43 Å². The van der Waals surface area contributed by atoms with Gasteiger partial charge in [-0.2, -0.15) is 5.10 Å². The van der Waals surface area contributed by atoms with Crippen molar-refractivity contribution in [2.45, 2.75) is 6.92 Å². The van der Waals surface area contributed by atoms with E-state index in [2.05, 4.69) is 10.5 Å². The Morgan fingerprint density at radius 2 is 2.14 bits per heavy atom. The van der Waals surface area contributed by atoms with Crippen LogP contribution in [-0.2, 0) is 0 Å². The second kappa shape index (κ2) is 4.77. The van der Waals surface area contributed by atoms with E-state index in [1.165, 1.54) is 0 Å². The maximum Gasteiger partial charge on any atom is 0.152 e. The van der Waals surface area contributed by atoms with Crippen molar-refractivity contribution in [1.29, 1.82) is 0 Å². The summed E-state index contributed by atoms with van der Waals surface area (Å²) in [5.41, 5.74) is 4.82. The second-order valence-corrected chi connectivity index (χ2v) is 3.20. The van der Waals surface area contributed by atoms with Crippen LogP contribution in [0.15, 0.2) is 17.2 Å². The number of carbonyl (C=O) groups is 1. The number of nitrogens with zero attached hydrogens (tertiary/aromatic N) is 1. The summed E-state index contributed by atoms with van der Waals surface area (Å²) in [5.74, 6) is 0. The summed E-state index contributed by atoms with van der Waals surface area (Å²) >= 11 is 5.87. The summed E-state index contributed by atoms with van der Waals surface area (Å²) in [7, 11) is 1.69. The highest BCUT2D eigenvalue weighted by Crippen LogP contribution is 2.20. The number of nitrogens with one attached hydrogen (secondary N) is 1. The van der Waals surface area contributed by atoms with Crippen LogP contribution in [-0.4, -0.2) is 19.5 Å². The molecule has 1 N–H and O–H groups in total. The van der Waals surface area contributed by atoms with E-state index in [0.29, 0.717) is 10.6 Å². The Morgan fingerprint density at radius 1 is 1.43 bits per heavy atom. The predicted octanol–water partition coefficient (Wildman–Crippen LogP) is 2.01. The summed E-state index contributed by atoms with van der Waals surface area (Å²) in [4.78, 5) is 10.8. The molecule has 1 aromatic carbocycles. The molecule has 3 nitrogen and oxygen atoms in total. The summed E-state index contributed by atoms with van der Waals surface area (Å²) in [6.45, 7) is 1.90. The van der Waals surface area contributed by atoms with Gasteiger partial charge in [0.05, 0.1) is 11.2 Å². The smallest absolute Gasteiger partial charge is 0.152 e. The normalized spacial score (nSPS) is 10.5. The summed E-state index contributed by atoms with van der Waals surface area (Å²) < 4.78 is 0. The van der Waals surface area contributed by atoms with Crippen LogP contribution in [0.25, 0.3) is 0 Å². The fraction of sp³-hybridized carbons (Fsp3) is 0.200. The first-order valence-corrected chi connectivity index (χ1v) is 4.52. The van der Waals surface area contributed by atoms with Crippen LogP contribution < -0.4 is 5.43 Å². The number of aldehydes is 1. The molecule has 0 saturated carbocycles. The molecule has 0 aromatic heterocycles. The summed E-state index contributed by atoms with van der Waals surface area (Å²) in [5, 5.41) is 4.31. The Morgan fingerprint density at radius 3 is 2.71 bits per heavy atom. The van der Waals surface area contributed by atoms with E-state index >= 15 is 0 Å². The number of aryl methyl sites for hydroxylation is 1. The fourth-order valence-electron chi connectivity index (χ4n) is 1.14. The first kappa shape index (κ1) is 10.7. The summed E-state index contributed by atoms with van der Waals surface area (Å²) in [6.07, 6.45) is 2.33. The highest BCUT2D eigenvalue weighted by atomic mass is 35.5. The van der Waals surface area contributed by atoms with Crippen molar-refractivity contribution in [3.8, 4) is 0 Å². The monoisotopic (exact) mass is 210 g/mol. The molecule has 0 bridgehead atoms. The van der Waals surface area contributed by atoms with Crippen LogP contribution in [0.4, 0.5) is 0 Å². The number of hydrogen-bond acceptors (Lipinski definition) is 3. The van der Waals surface area contributed by atoms with Gasteiger partial charge < -0.3 is 5.43 Å². The standard InChI is InChI=1S/C10H11ClN2O/c1-7-3-4-10(11)9(6-14)8(7)5-13-12-2/h3-6,12H,1-2H3/b13-5-. The van der Waals surface area contributed by atoms with Crippen LogP contribution in [0.1, 0.15) is 21.5 Å². The first-order chi connectivity index (χ1) is 6.70. The molecule has 0 heterocycles. The predicted molar refractivity (Wildman–Crippen MR) is 58.2 cm³/mol. The Balaban J connectivity index is 3.29. The molecular formula is C10H11ClN2O. The molecule has 0 aliphatic heterocycles. The molecule has 74 valence electrons. The van der Waals surface area contributed by atoms with E-state index < -0.39 is 0 Å². The highest BCUT2D eigenvalue weighted by molar-refractivity contribution is 6.33. The molecule has 0 spiro atoms. The molecule has 4 heteroatoms. The van der Waals surface area contributed by atoms with Gasteiger partial charge in [-0.05, 0) is 18.6 Å². The SMILES string of the molecule is CN/N=C\c1c(C)ccc(Cl)c1C=O. The molecule has 0 radical (unpaired) electrons. The maximum atomic E-state index is 10.8. The van der Waals surface area contributed by atoms with Crippen LogP contribution >= 0.6 is 11.6 Å². The molecule has 1 aromatic rings. The fourth-order valence-corrected chi connectivity index (χ4v) is 1.35. The van der Waals surface area contributed by atoms with E-state index in [4.69, 9.17) is 11.6 Å². The number of hydrogen-bond donors (Lipinski definition) is 1. The highest BCUT2D eigenvalue weighted by Gasteiger charge is 2.06. The maximum absolute atomic E-state index is 10.8. The van der Waals surface area contributed by atoms with Gasteiger partial charge in [-0.1, -0.05) is 17.7 Å². The van der Waals surface area contributed by atoms with E-state index in [1.807, 2.05) is 13.0 Å². The van der Waals surface area contributed by atoms with Gasteiger partial charge in [0.15, 0.2) is 6.29 Å². The van der Waals surface area contributed by atoms with Crippen LogP contribution in [0, 0.1) is 6.92 Å². The number of benzene rings is 1. The molecule has 1 rings (SSSR count). The van der Waals surface area contributed by atoms with E-state index in [-0.39, 0.29) is 0 Å². The Kier molecular flexibility index (Phi) is 3.65. The quantitative estimate of drug-likeness (QED) is 0.471. The largest absolute Gasteiger partial charge is 0.313 e. The molecule has 0 aliphatic rings. The molecule has 0 aliphatic carbocycles. The molecule has 0 amide bonds. The van der Waals surface area contributed by atoms with Gasteiger partial charge in [-0.25, -0.2) is 0 Å². The Hall–Kier alpha value is -1.35. The zero-order valence-corrected chi connectivity index (χ0v) is 8.80. The molecule has 0 atom stereocenters. The van der Waals surface area contributed by atoms with Crippen molar-refractivity contribution in [2.75, 3.05) is 7.05 Å². The first-order valence-electron chi connectivity index (χ1n) is 4.14. The lowest BCUT2D eigenvalue weighted by molar-refractivity contribution is 0.112. The van der Waals surface area contributed by atoms with Crippen LogP contribution in [0.3, 0.4) is 0 Å². The van der Waals surface area contributed by atoms with E-state index in [1.54, 1.807) is 19.3 Å². The third-order valence-electron chi connectivity index (χ3n) is 1.89. The minimum absolute atomic E-state index is 0.447. The molecule has 0 unspecified atom stereocenters. The van der Waals surface area contributed by atoms with Gasteiger partial charge in [0.25, 0.3) is 0 Å². The number of rotatable bonds is 3. The topological polar surface area (TPSA) is 41.5 Å². The van der Waals surface area contributed by atoms with Gasteiger partial charge in [0, 0.05) is 18.2 Å². The lowest BCUT2D eigenvalue weighted by Crippen LogP contribution is -2.00. The van der Waals surface area contributed by atoms with E-state index in [0.717, 1.165) is 17.4 Å². The van der Waals surface area contributed by atoms with Crippen LogP contribution in [0.5, 0.6) is 0 Å². The number of hydrazone groups is 1. The van der Waals surface area contributed by atoms with Gasteiger partial charge in [-0.3, -0.25) is 4.79 Å². The van der Waals surface area contributed by atoms with Gasteiger partial charge in [0.1, 0.15) is 0 Å². The second-order valence-electron chi connectivity index (χ2n) is 2.79. The van der Waals surface area contributed by atoms with Crippen molar-refractivity contribution in [3.05, 3.63) is 33.8 Å². The van der Waals surface area contributed by atoms with Crippen molar-refractivity contribution >= 4 is 24.1 Å². The van der Waals surface area contributed by atoms with Crippen molar-refractivity contribution < 1.29 is 4.79 Å². The lowest BCUT2D eigenvalue weighted by Gasteiger charge is -2.04. The third kappa shape index (κ3) is 2.12. The average molecular weight is 211 g/mol. The zero-order chi connectivity index (χ0) is 10.6. The molecular weight excluding hydrogens is 200 g/mol. The average Bonchev–Trinajstić information content (AvgIpc) is 2.19. The van der Waals surface area contributed by atoms with Crippen molar-refractivity contribution in [2.24, 2.45) is 5.10 Å². The number of halogens is 1. The van der Waals surface area contributed by atoms with Gasteiger partial charge >= 0.3 is 0 Å².